The van der Waals surface area contributed by atoms with Crippen LogP contribution in [0.25, 0.3) is 11.2 Å². The van der Waals surface area contributed by atoms with E-state index in [0.29, 0.717) is 23.5 Å². The van der Waals surface area contributed by atoms with Crippen LogP contribution < -0.4 is 5.32 Å². The van der Waals surface area contributed by atoms with E-state index in [-0.39, 0.29) is 12.5 Å². The zero-order valence-electron chi connectivity index (χ0n) is 14.9. The smallest absolute Gasteiger partial charge is 0.167 e. The van der Waals surface area contributed by atoms with Crippen molar-refractivity contribution in [2.75, 3.05) is 25.1 Å². The standard InChI is InChI=1S/C16H25N5O6/c1-8(4-22)2-3-17-14-10-15(19-6-18-14)21(7-20-10)16-13(26)12(25)11(24)9(5-23)27-16/h6-9,11-13,16,22-26H,2-5H2,1H3,(H,17,18,19)/t8?,9-,11-,12+,13-,16-/m1/s1. The number of rotatable bonds is 7. The minimum Gasteiger partial charge on any atom is -0.396 e. The fraction of sp³-hybridized carbons (Fsp3) is 0.688. The zero-order chi connectivity index (χ0) is 19.6. The minimum atomic E-state index is -1.49. The fourth-order valence-electron chi connectivity index (χ4n) is 3.01. The third kappa shape index (κ3) is 3.88. The van der Waals surface area contributed by atoms with Gasteiger partial charge in [0.2, 0.25) is 0 Å². The number of imidazole rings is 1. The highest BCUT2D eigenvalue weighted by molar-refractivity contribution is 5.82. The lowest BCUT2D eigenvalue weighted by atomic mass is 9.98. The SMILES string of the molecule is CC(CO)CCNc1ncnc2c1ncn2[C@@H]1O[C@H](CO)[C@@H](O)[C@H](O)[C@H]1O. The topological polar surface area (TPSA) is 166 Å². The molecule has 2 aromatic rings. The van der Waals surface area contributed by atoms with Crippen molar-refractivity contribution < 1.29 is 30.3 Å². The quantitative estimate of drug-likeness (QED) is 0.322. The van der Waals surface area contributed by atoms with Crippen LogP contribution in [0.2, 0.25) is 0 Å². The number of aromatic nitrogens is 4. The van der Waals surface area contributed by atoms with Gasteiger partial charge in [0.05, 0.1) is 12.9 Å². The van der Waals surface area contributed by atoms with Crippen molar-refractivity contribution in [2.24, 2.45) is 5.92 Å². The maximum atomic E-state index is 10.3. The van der Waals surface area contributed by atoms with E-state index >= 15 is 0 Å². The van der Waals surface area contributed by atoms with Crippen LogP contribution in [0.1, 0.15) is 19.6 Å². The van der Waals surface area contributed by atoms with Crippen LogP contribution in [0.3, 0.4) is 0 Å². The Hall–Kier alpha value is -1.89. The summed E-state index contributed by atoms with van der Waals surface area (Å²) in [7, 11) is 0. The highest BCUT2D eigenvalue weighted by Gasteiger charge is 2.44. The van der Waals surface area contributed by atoms with Crippen LogP contribution in [0.15, 0.2) is 12.7 Å². The predicted octanol–water partition coefficient (Wildman–Crippen LogP) is -1.77. The third-order valence-corrected chi connectivity index (χ3v) is 4.74. The monoisotopic (exact) mass is 383 g/mol. The summed E-state index contributed by atoms with van der Waals surface area (Å²) in [6.07, 6.45) is -2.98. The first kappa shape index (κ1) is 19.9. The second kappa shape index (κ2) is 8.42. The van der Waals surface area contributed by atoms with Crippen molar-refractivity contribution in [3.63, 3.8) is 0 Å². The highest BCUT2D eigenvalue weighted by Crippen LogP contribution is 2.31. The molecule has 6 N–H and O–H groups in total. The largest absolute Gasteiger partial charge is 0.396 e. The summed E-state index contributed by atoms with van der Waals surface area (Å²) in [6.45, 7) is 2.11. The van der Waals surface area contributed by atoms with E-state index in [1.807, 2.05) is 6.92 Å². The first-order chi connectivity index (χ1) is 13.0. The lowest BCUT2D eigenvalue weighted by Gasteiger charge is -2.40. The summed E-state index contributed by atoms with van der Waals surface area (Å²) in [5.41, 5.74) is 0.818. The molecule has 1 aliphatic heterocycles. The maximum Gasteiger partial charge on any atom is 0.167 e. The molecule has 1 saturated heterocycles. The van der Waals surface area contributed by atoms with Crippen LogP contribution in [0, 0.1) is 5.92 Å². The summed E-state index contributed by atoms with van der Waals surface area (Å²) in [4.78, 5) is 12.6. The Kier molecular flexibility index (Phi) is 6.19. The molecule has 1 aliphatic rings. The number of nitrogens with zero attached hydrogens (tertiary/aromatic N) is 4. The summed E-state index contributed by atoms with van der Waals surface area (Å²) in [5.74, 6) is 0.648. The van der Waals surface area contributed by atoms with Crippen LogP contribution in [0.4, 0.5) is 5.82 Å². The van der Waals surface area contributed by atoms with Crippen LogP contribution >= 0.6 is 0 Å². The molecule has 6 atom stereocenters. The zero-order valence-corrected chi connectivity index (χ0v) is 14.9. The van der Waals surface area contributed by atoms with Gasteiger partial charge in [0.1, 0.15) is 30.7 Å². The van der Waals surface area contributed by atoms with Gasteiger partial charge in [-0.3, -0.25) is 4.57 Å². The van der Waals surface area contributed by atoms with Gasteiger partial charge in [-0.05, 0) is 12.3 Å². The molecule has 27 heavy (non-hydrogen) atoms. The normalized spacial score (nSPS) is 29.8. The molecule has 11 heteroatoms. The second-order valence-electron chi connectivity index (χ2n) is 6.77. The highest BCUT2D eigenvalue weighted by atomic mass is 16.6. The van der Waals surface area contributed by atoms with Gasteiger partial charge < -0.3 is 35.6 Å². The molecule has 0 saturated carbocycles. The third-order valence-electron chi connectivity index (χ3n) is 4.74. The number of hydrogen-bond donors (Lipinski definition) is 6. The van der Waals surface area contributed by atoms with Gasteiger partial charge in [-0.1, -0.05) is 6.92 Å². The molecule has 0 aliphatic carbocycles. The molecular weight excluding hydrogens is 358 g/mol. The molecule has 2 aromatic heterocycles. The summed E-state index contributed by atoms with van der Waals surface area (Å²) < 4.78 is 6.99. The van der Waals surface area contributed by atoms with E-state index in [2.05, 4.69) is 20.3 Å². The van der Waals surface area contributed by atoms with Crippen molar-refractivity contribution >= 4 is 17.0 Å². The molecule has 11 nitrogen and oxygen atoms in total. The van der Waals surface area contributed by atoms with Crippen molar-refractivity contribution in [3.05, 3.63) is 12.7 Å². The molecule has 150 valence electrons. The average molecular weight is 383 g/mol. The Labute approximate surface area is 155 Å². The van der Waals surface area contributed by atoms with Crippen molar-refractivity contribution in [3.8, 4) is 0 Å². The summed E-state index contributed by atoms with van der Waals surface area (Å²) >= 11 is 0. The van der Waals surface area contributed by atoms with E-state index in [1.165, 1.54) is 17.2 Å². The summed E-state index contributed by atoms with van der Waals surface area (Å²) in [6, 6.07) is 0. The van der Waals surface area contributed by atoms with Gasteiger partial charge in [0, 0.05) is 13.2 Å². The van der Waals surface area contributed by atoms with Gasteiger partial charge in [-0.25, -0.2) is 15.0 Å². The Bertz CT molecular complexity index is 756. The summed E-state index contributed by atoms with van der Waals surface area (Å²) in [5, 5.41) is 51.8. The number of nitrogens with one attached hydrogen (secondary N) is 1. The van der Waals surface area contributed by atoms with Gasteiger partial charge in [0.15, 0.2) is 23.2 Å². The lowest BCUT2D eigenvalue weighted by molar-refractivity contribution is -0.250. The second-order valence-corrected chi connectivity index (χ2v) is 6.77. The number of fused-ring (bicyclic) bond motifs is 1. The average Bonchev–Trinajstić information content (AvgIpc) is 3.11. The number of aliphatic hydroxyl groups is 5. The first-order valence-corrected chi connectivity index (χ1v) is 8.80. The van der Waals surface area contributed by atoms with Gasteiger partial charge in [0.25, 0.3) is 0 Å². The van der Waals surface area contributed by atoms with Crippen molar-refractivity contribution in [1.82, 2.24) is 19.5 Å². The molecule has 0 amide bonds. The maximum absolute atomic E-state index is 10.3. The molecular formula is C16H25N5O6. The van der Waals surface area contributed by atoms with E-state index in [9.17, 15) is 20.4 Å². The first-order valence-electron chi connectivity index (χ1n) is 8.80. The van der Waals surface area contributed by atoms with Crippen LogP contribution in [0.5, 0.6) is 0 Å². The van der Waals surface area contributed by atoms with Gasteiger partial charge in [-0.2, -0.15) is 0 Å². The Morgan fingerprint density at radius 2 is 1.93 bits per heavy atom. The molecule has 0 aromatic carbocycles. The molecule has 0 spiro atoms. The van der Waals surface area contributed by atoms with Gasteiger partial charge in [-0.15, -0.1) is 0 Å². The minimum absolute atomic E-state index is 0.104. The lowest BCUT2D eigenvalue weighted by Crippen LogP contribution is -2.56. The van der Waals surface area contributed by atoms with Crippen LogP contribution in [-0.2, 0) is 4.74 Å². The van der Waals surface area contributed by atoms with Crippen LogP contribution in [-0.4, -0.2) is 89.2 Å². The molecule has 3 rings (SSSR count). The molecule has 3 heterocycles. The van der Waals surface area contributed by atoms with Gasteiger partial charge >= 0.3 is 0 Å². The van der Waals surface area contributed by atoms with Crippen molar-refractivity contribution in [1.29, 1.82) is 0 Å². The van der Waals surface area contributed by atoms with E-state index in [4.69, 9.17) is 9.84 Å². The Balaban J connectivity index is 1.85. The Morgan fingerprint density at radius 1 is 1.15 bits per heavy atom. The van der Waals surface area contributed by atoms with E-state index in [0.717, 1.165) is 6.42 Å². The molecule has 1 unspecified atom stereocenters. The Morgan fingerprint density at radius 3 is 2.63 bits per heavy atom. The van der Waals surface area contributed by atoms with E-state index < -0.39 is 37.3 Å². The predicted molar refractivity (Wildman–Crippen MR) is 93.7 cm³/mol. The number of anilines is 1. The molecule has 0 bridgehead atoms. The van der Waals surface area contributed by atoms with E-state index in [1.54, 1.807) is 0 Å². The number of hydrogen-bond acceptors (Lipinski definition) is 10. The fourth-order valence-corrected chi connectivity index (χ4v) is 3.01. The molecule has 0 radical (unpaired) electrons. The van der Waals surface area contributed by atoms with Crippen molar-refractivity contribution in [2.45, 2.75) is 44.0 Å². The number of ether oxygens (including phenoxy) is 1. The molecule has 1 fully saturated rings. The number of aliphatic hydroxyl groups excluding tert-OH is 5.